The Morgan fingerprint density at radius 2 is 2.11 bits per heavy atom. The van der Waals surface area contributed by atoms with E-state index < -0.39 is 5.97 Å². The van der Waals surface area contributed by atoms with Crippen molar-refractivity contribution in [3.63, 3.8) is 0 Å². The van der Waals surface area contributed by atoms with Gasteiger partial charge in [0, 0.05) is 26.4 Å². The summed E-state index contributed by atoms with van der Waals surface area (Å²) < 4.78 is 12.5. The minimum atomic E-state index is -0.820. The van der Waals surface area contributed by atoms with Crippen molar-refractivity contribution >= 4 is 22.8 Å². The van der Waals surface area contributed by atoms with E-state index >= 15 is 0 Å². The third-order valence-corrected chi connectivity index (χ3v) is 4.58. The molecule has 9 nitrogen and oxygen atoms in total. The number of aliphatic carboxylic acids is 1. The smallest absolute Gasteiger partial charge is 0.303 e. The lowest BCUT2D eigenvalue weighted by molar-refractivity contribution is -0.137. The summed E-state index contributed by atoms with van der Waals surface area (Å²) in [6.07, 6.45) is 1.07. The van der Waals surface area contributed by atoms with E-state index in [1.807, 2.05) is 32.2 Å². The van der Waals surface area contributed by atoms with Crippen molar-refractivity contribution < 1.29 is 19.4 Å². The Hall–Kier alpha value is -3.36. The molecule has 3 heterocycles. The van der Waals surface area contributed by atoms with Gasteiger partial charge in [-0.25, -0.2) is 9.97 Å². The Bertz CT molecular complexity index is 1050. The maximum absolute atomic E-state index is 10.8. The van der Waals surface area contributed by atoms with Crippen molar-refractivity contribution in [2.24, 2.45) is 7.05 Å². The normalized spacial score (nSPS) is 12.5. The van der Waals surface area contributed by atoms with E-state index in [2.05, 4.69) is 20.4 Å². The molecule has 2 N–H and O–H groups in total. The first-order chi connectivity index (χ1) is 13.5. The molecule has 0 fully saturated rings. The molecule has 146 valence electrons. The van der Waals surface area contributed by atoms with E-state index in [9.17, 15) is 4.79 Å². The number of hydrogen-bond donors (Lipinski definition) is 2. The zero-order valence-electron chi connectivity index (χ0n) is 15.7. The number of benzene rings is 1. The molecule has 0 amide bonds. The van der Waals surface area contributed by atoms with E-state index in [0.717, 1.165) is 33.8 Å². The number of carbonyl (C=O) groups is 1. The topological polar surface area (TPSA) is 111 Å². The van der Waals surface area contributed by atoms with Gasteiger partial charge in [-0.2, -0.15) is 5.10 Å². The quantitative estimate of drug-likeness (QED) is 0.640. The monoisotopic (exact) mass is 383 g/mol. The highest BCUT2D eigenvalue weighted by molar-refractivity contribution is 5.87. The third-order valence-electron chi connectivity index (χ3n) is 4.58. The Labute approximate surface area is 161 Å². The van der Waals surface area contributed by atoms with Crippen molar-refractivity contribution in [2.75, 3.05) is 12.1 Å². The number of nitrogens with one attached hydrogen (secondary N) is 1. The van der Waals surface area contributed by atoms with Gasteiger partial charge >= 0.3 is 5.97 Å². The van der Waals surface area contributed by atoms with Crippen LogP contribution in [0.2, 0.25) is 0 Å². The maximum Gasteiger partial charge on any atom is 0.303 e. The third kappa shape index (κ3) is 3.55. The molecule has 4 rings (SSSR count). The van der Waals surface area contributed by atoms with Gasteiger partial charge in [0.05, 0.1) is 5.69 Å². The van der Waals surface area contributed by atoms with E-state index in [-0.39, 0.29) is 13.2 Å². The van der Waals surface area contributed by atoms with E-state index in [1.54, 1.807) is 4.68 Å². The van der Waals surface area contributed by atoms with Crippen molar-refractivity contribution in [3.8, 4) is 11.5 Å². The van der Waals surface area contributed by atoms with Gasteiger partial charge in [-0.3, -0.25) is 9.48 Å². The van der Waals surface area contributed by atoms with Crippen molar-refractivity contribution in [1.82, 2.24) is 19.7 Å². The molecule has 1 aromatic carbocycles. The lowest BCUT2D eigenvalue weighted by Crippen LogP contribution is -2.08. The predicted octanol–water partition coefficient (Wildman–Crippen LogP) is 2.42. The van der Waals surface area contributed by atoms with Crippen LogP contribution in [0.25, 0.3) is 11.0 Å². The van der Waals surface area contributed by atoms with Crippen LogP contribution in [0, 0.1) is 6.92 Å². The predicted molar refractivity (Wildman–Crippen MR) is 102 cm³/mol. The van der Waals surface area contributed by atoms with Crippen LogP contribution in [-0.2, 0) is 24.8 Å². The van der Waals surface area contributed by atoms with Gasteiger partial charge in [-0.05, 0) is 31.0 Å². The summed E-state index contributed by atoms with van der Waals surface area (Å²) in [7, 11) is 1.86. The number of rotatable bonds is 7. The number of hydrogen-bond acceptors (Lipinski definition) is 7. The molecular formula is C19H21N5O4. The molecular weight excluding hydrogens is 362 g/mol. The summed E-state index contributed by atoms with van der Waals surface area (Å²) in [5.74, 6) is 1.95. The van der Waals surface area contributed by atoms with Crippen LogP contribution in [0.4, 0.5) is 5.82 Å². The first-order valence-corrected chi connectivity index (χ1v) is 9.05. The molecule has 0 aliphatic carbocycles. The summed E-state index contributed by atoms with van der Waals surface area (Å²) in [4.78, 5) is 20.0. The number of fused-ring (bicyclic) bond motifs is 2. The fourth-order valence-electron chi connectivity index (χ4n) is 3.25. The molecule has 1 aliphatic heterocycles. The number of carboxylic acid groups (broad SMARTS) is 1. The highest BCUT2D eigenvalue weighted by Gasteiger charge is 2.16. The molecule has 0 saturated carbocycles. The zero-order chi connectivity index (χ0) is 19.7. The van der Waals surface area contributed by atoms with Crippen LogP contribution in [0.1, 0.15) is 29.9 Å². The summed E-state index contributed by atoms with van der Waals surface area (Å²) in [5, 5.41) is 16.7. The number of aromatic nitrogens is 4. The number of anilines is 1. The molecule has 0 bridgehead atoms. The van der Waals surface area contributed by atoms with E-state index in [4.69, 9.17) is 14.6 Å². The summed E-state index contributed by atoms with van der Waals surface area (Å²) >= 11 is 0. The van der Waals surface area contributed by atoms with Gasteiger partial charge in [-0.15, -0.1) is 0 Å². The van der Waals surface area contributed by atoms with Gasteiger partial charge < -0.3 is 19.9 Å². The Balaban J connectivity index is 1.59. The summed E-state index contributed by atoms with van der Waals surface area (Å²) in [5.41, 5.74) is 3.43. The van der Waals surface area contributed by atoms with Crippen molar-refractivity contribution in [3.05, 3.63) is 35.3 Å². The average Bonchev–Trinajstić information content (AvgIpc) is 3.23. The largest absolute Gasteiger partial charge is 0.481 e. The number of nitrogens with zero attached hydrogens (tertiary/aromatic N) is 4. The van der Waals surface area contributed by atoms with Crippen molar-refractivity contribution in [2.45, 2.75) is 32.7 Å². The van der Waals surface area contributed by atoms with Gasteiger partial charge in [0.25, 0.3) is 0 Å². The van der Waals surface area contributed by atoms with Gasteiger partial charge in [-0.1, -0.05) is 6.07 Å². The van der Waals surface area contributed by atoms with Crippen molar-refractivity contribution in [1.29, 1.82) is 0 Å². The second-order valence-corrected chi connectivity index (χ2v) is 6.68. The summed E-state index contributed by atoms with van der Waals surface area (Å²) in [6.45, 7) is 2.69. The van der Waals surface area contributed by atoms with Crippen LogP contribution >= 0.6 is 0 Å². The minimum absolute atomic E-state index is 0.0907. The summed E-state index contributed by atoms with van der Waals surface area (Å²) in [6, 6.07) is 5.80. The molecule has 3 aromatic rings. The highest BCUT2D eigenvalue weighted by Crippen LogP contribution is 2.33. The number of aryl methyl sites for hydroxylation is 3. The van der Waals surface area contributed by atoms with Crippen LogP contribution < -0.4 is 14.8 Å². The van der Waals surface area contributed by atoms with Crippen LogP contribution in [-0.4, -0.2) is 37.6 Å². The average molecular weight is 383 g/mol. The first kappa shape index (κ1) is 18.0. The lowest BCUT2D eigenvalue weighted by atomic mass is 10.2. The molecule has 28 heavy (non-hydrogen) atoms. The highest BCUT2D eigenvalue weighted by atomic mass is 16.7. The molecule has 2 aromatic heterocycles. The van der Waals surface area contributed by atoms with Crippen LogP contribution in [0.15, 0.2) is 18.2 Å². The van der Waals surface area contributed by atoms with Gasteiger partial charge in [0.2, 0.25) is 6.79 Å². The Morgan fingerprint density at radius 3 is 2.93 bits per heavy atom. The molecule has 0 atom stereocenters. The lowest BCUT2D eigenvalue weighted by Gasteiger charge is -2.10. The number of carboxylic acids is 1. The number of ether oxygens (including phenoxy) is 2. The fourth-order valence-corrected chi connectivity index (χ4v) is 3.25. The Kier molecular flexibility index (Phi) is 4.72. The molecule has 0 saturated heterocycles. The second kappa shape index (κ2) is 7.34. The SMILES string of the molecule is Cc1nn(C)c2c(NCc3ccc4c(c3)OCO4)nc(CCCC(=O)O)nc12. The van der Waals surface area contributed by atoms with E-state index in [0.29, 0.717) is 31.0 Å². The van der Waals surface area contributed by atoms with Gasteiger partial charge in [0.1, 0.15) is 16.9 Å². The molecule has 0 radical (unpaired) electrons. The molecule has 0 spiro atoms. The van der Waals surface area contributed by atoms with Gasteiger partial charge in [0.15, 0.2) is 17.3 Å². The Morgan fingerprint density at radius 1 is 1.29 bits per heavy atom. The second-order valence-electron chi connectivity index (χ2n) is 6.68. The molecule has 0 unspecified atom stereocenters. The minimum Gasteiger partial charge on any atom is -0.481 e. The maximum atomic E-state index is 10.8. The van der Waals surface area contributed by atoms with Crippen LogP contribution in [0.3, 0.4) is 0 Å². The zero-order valence-corrected chi connectivity index (χ0v) is 15.7. The van der Waals surface area contributed by atoms with E-state index in [1.165, 1.54) is 0 Å². The standard InChI is InChI=1S/C19H21N5O4/c1-11-17-18(24(2)23-11)19(22-15(21-17)4-3-5-16(25)26)20-9-12-6-7-13-14(8-12)28-10-27-13/h6-8H,3-5,9-10H2,1-2H3,(H,25,26)(H,20,21,22). The molecule has 1 aliphatic rings. The molecule has 9 heteroatoms. The first-order valence-electron chi connectivity index (χ1n) is 9.05. The van der Waals surface area contributed by atoms with Crippen LogP contribution in [0.5, 0.6) is 11.5 Å². The fraction of sp³-hybridized carbons (Fsp3) is 0.368.